The monoisotopic (exact) mass is 288 g/mol. The van der Waals surface area contributed by atoms with Crippen LogP contribution in [0.4, 0.5) is 5.69 Å². The highest BCUT2D eigenvalue weighted by Crippen LogP contribution is 2.20. The smallest absolute Gasteiger partial charge is 0.0756 e. The average molecular weight is 288 g/mol. The highest BCUT2D eigenvalue weighted by atomic mass is 16.3. The van der Waals surface area contributed by atoms with E-state index in [1.807, 2.05) is 56.9 Å². The molecule has 5 heteroatoms. The van der Waals surface area contributed by atoms with Crippen molar-refractivity contribution < 1.29 is 5.11 Å². The van der Waals surface area contributed by atoms with E-state index in [0.29, 0.717) is 0 Å². The molecular formula is C16H24N4O. The molecule has 5 nitrogen and oxygen atoms in total. The highest BCUT2D eigenvalue weighted by Gasteiger charge is 2.20. The van der Waals surface area contributed by atoms with Crippen molar-refractivity contribution in [3.63, 3.8) is 0 Å². The number of hydrogen-bond donors (Lipinski definition) is 2. The summed E-state index contributed by atoms with van der Waals surface area (Å²) in [5.74, 6) is 0. The van der Waals surface area contributed by atoms with Gasteiger partial charge in [-0.05, 0) is 19.1 Å². The number of nitrogens with zero attached hydrogens (tertiary/aromatic N) is 3. The van der Waals surface area contributed by atoms with Gasteiger partial charge in [-0.3, -0.25) is 9.67 Å². The molecule has 2 heterocycles. The van der Waals surface area contributed by atoms with Crippen LogP contribution in [-0.2, 0) is 18.9 Å². The van der Waals surface area contributed by atoms with Crippen LogP contribution < -0.4 is 5.32 Å². The van der Waals surface area contributed by atoms with Gasteiger partial charge in [-0.1, -0.05) is 19.9 Å². The third-order valence-corrected chi connectivity index (χ3v) is 3.83. The predicted octanol–water partition coefficient (Wildman–Crippen LogP) is 2.05. The second-order valence-corrected chi connectivity index (χ2v) is 6.00. The minimum absolute atomic E-state index is 0.0938. The number of nitrogens with one attached hydrogen (secondary N) is 1. The van der Waals surface area contributed by atoms with Crippen LogP contribution >= 0.6 is 0 Å². The number of pyridine rings is 1. The van der Waals surface area contributed by atoms with Crippen molar-refractivity contribution in [1.82, 2.24) is 14.8 Å². The quantitative estimate of drug-likeness (QED) is 0.854. The van der Waals surface area contributed by atoms with Crippen molar-refractivity contribution in [2.75, 3.05) is 18.5 Å². The Morgan fingerprint density at radius 2 is 2.10 bits per heavy atom. The van der Waals surface area contributed by atoms with E-state index in [0.717, 1.165) is 35.7 Å². The lowest BCUT2D eigenvalue weighted by atomic mass is 9.90. The second-order valence-electron chi connectivity index (χ2n) is 6.00. The number of aliphatic hydroxyl groups is 1. The second kappa shape index (κ2) is 6.26. The van der Waals surface area contributed by atoms with E-state index < -0.39 is 0 Å². The van der Waals surface area contributed by atoms with Crippen molar-refractivity contribution in [1.29, 1.82) is 0 Å². The average Bonchev–Trinajstić information content (AvgIpc) is 2.80. The number of rotatable bonds is 6. The molecule has 0 unspecified atom stereocenters. The summed E-state index contributed by atoms with van der Waals surface area (Å²) in [6, 6.07) is 6.00. The van der Waals surface area contributed by atoms with E-state index in [1.165, 1.54) is 0 Å². The number of aromatic nitrogens is 3. The third-order valence-electron chi connectivity index (χ3n) is 3.83. The zero-order valence-corrected chi connectivity index (χ0v) is 13.2. The fourth-order valence-electron chi connectivity index (χ4n) is 2.07. The van der Waals surface area contributed by atoms with E-state index in [4.69, 9.17) is 0 Å². The first-order valence-electron chi connectivity index (χ1n) is 7.24. The van der Waals surface area contributed by atoms with Crippen LogP contribution in [0.3, 0.4) is 0 Å². The van der Waals surface area contributed by atoms with Crippen molar-refractivity contribution in [2.24, 2.45) is 7.05 Å². The van der Waals surface area contributed by atoms with Gasteiger partial charge in [0.1, 0.15) is 0 Å². The van der Waals surface area contributed by atoms with Gasteiger partial charge in [-0.2, -0.15) is 5.10 Å². The molecule has 2 N–H and O–H groups in total. The minimum atomic E-state index is -0.302. The Kier molecular flexibility index (Phi) is 4.63. The zero-order valence-electron chi connectivity index (χ0n) is 13.2. The number of aliphatic hydroxyl groups excluding tert-OH is 1. The summed E-state index contributed by atoms with van der Waals surface area (Å²) in [6.45, 7) is 6.93. The van der Waals surface area contributed by atoms with Gasteiger partial charge >= 0.3 is 0 Å². The van der Waals surface area contributed by atoms with Gasteiger partial charge in [0.2, 0.25) is 0 Å². The summed E-state index contributed by atoms with van der Waals surface area (Å²) in [6.07, 6.45) is 2.68. The first-order chi connectivity index (χ1) is 9.94. The maximum Gasteiger partial charge on any atom is 0.0756 e. The Hall–Kier alpha value is -1.88. The summed E-state index contributed by atoms with van der Waals surface area (Å²) < 4.78 is 1.85. The fourth-order valence-corrected chi connectivity index (χ4v) is 2.07. The molecule has 0 atom stereocenters. The molecule has 0 aliphatic rings. The predicted molar refractivity (Wildman–Crippen MR) is 84.5 cm³/mol. The summed E-state index contributed by atoms with van der Waals surface area (Å²) in [4.78, 5) is 4.65. The van der Waals surface area contributed by atoms with Crippen molar-refractivity contribution in [3.05, 3.63) is 41.5 Å². The Bertz CT molecular complexity index is 604. The SMILES string of the molecule is Cc1c(NCCc2cccc(C(C)(C)CO)n2)cnn1C. The molecule has 0 saturated heterocycles. The van der Waals surface area contributed by atoms with Crippen LogP contribution in [0.5, 0.6) is 0 Å². The van der Waals surface area contributed by atoms with E-state index in [-0.39, 0.29) is 12.0 Å². The molecule has 0 fully saturated rings. The third kappa shape index (κ3) is 3.61. The largest absolute Gasteiger partial charge is 0.395 e. The Labute approximate surface area is 126 Å². The van der Waals surface area contributed by atoms with Crippen LogP contribution in [0.2, 0.25) is 0 Å². The maximum atomic E-state index is 9.43. The van der Waals surface area contributed by atoms with E-state index in [9.17, 15) is 5.11 Å². The molecule has 0 amide bonds. The lowest BCUT2D eigenvalue weighted by Gasteiger charge is -2.21. The zero-order chi connectivity index (χ0) is 15.5. The fraction of sp³-hybridized carbons (Fsp3) is 0.500. The lowest BCUT2D eigenvalue weighted by Crippen LogP contribution is -2.24. The molecular weight excluding hydrogens is 264 g/mol. The van der Waals surface area contributed by atoms with Gasteiger partial charge in [-0.25, -0.2) is 0 Å². The van der Waals surface area contributed by atoms with Gasteiger partial charge in [-0.15, -0.1) is 0 Å². The van der Waals surface area contributed by atoms with Crippen LogP contribution in [0, 0.1) is 6.92 Å². The molecule has 2 aromatic heterocycles. The van der Waals surface area contributed by atoms with Crippen molar-refractivity contribution in [2.45, 2.75) is 32.6 Å². The molecule has 0 spiro atoms. The number of hydrogen-bond acceptors (Lipinski definition) is 4. The normalized spacial score (nSPS) is 11.7. The molecule has 2 rings (SSSR count). The molecule has 0 bridgehead atoms. The van der Waals surface area contributed by atoms with Crippen LogP contribution in [-0.4, -0.2) is 33.0 Å². The molecule has 114 valence electrons. The first kappa shape index (κ1) is 15.5. The van der Waals surface area contributed by atoms with Gasteiger partial charge in [0.25, 0.3) is 0 Å². The Balaban J connectivity index is 1.98. The van der Waals surface area contributed by atoms with E-state index >= 15 is 0 Å². The molecule has 0 aromatic carbocycles. The Morgan fingerprint density at radius 1 is 1.33 bits per heavy atom. The van der Waals surface area contributed by atoms with Crippen LogP contribution in [0.25, 0.3) is 0 Å². The van der Waals surface area contributed by atoms with Gasteiger partial charge in [0.15, 0.2) is 0 Å². The topological polar surface area (TPSA) is 63.0 Å². The first-order valence-corrected chi connectivity index (χ1v) is 7.24. The van der Waals surface area contributed by atoms with Gasteiger partial charge in [0, 0.05) is 36.8 Å². The minimum Gasteiger partial charge on any atom is -0.395 e. The summed E-state index contributed by atoms with van der Waals surface area (Å²) in [7, 11) is 1.93. The maximum absolute atomic E-state index is 9.43. The molecule has 21 heavy (non-hydrogen) atoms. The van der Waals surface area contributed by atoms with Gasteiger partial charge < -0.3 is 10.4 Å². The summed E-state index contributed by atoms with van der Waals surface area (Å²) >= 11 is 0. The van der Waals surface area contributed by atoms with Crippen molar-refractivity contribution in [3.8, 4) is 0 Å². The molecule has 0 aliphatic carbocycles. The standard InChI is InChI=1S/C16H24N4O/c1-12-14(10-18-20(12)4)17-9-8-13-6-5-7-15(19-13)16(2,3)11-21/h5-7,10,17,21H,8-9,11H2,1-4H3. The molecule has 0 radical (unpaired) electrons. The Morgan fingerprint density at radius 3 is 2.71 bits per heavy atom. The molecule has 0 saturated carbocycles. The summed E-state index contributed by atoms with van der Waals surface area (Å²) in [5, 5.41) is 17.0. The lowest BCUT2D eigenvalue weighted by molar-refractivity contribution is 0.215. The van der Waals surface area contributed by atoms with Crippen LogP contribution in [0.15, 0.2) is 24.4 Å². The van der Waals surface area contributed by atoms with Crippen LogP contribution in [0.1, 0.15) is 30.9 Å². The van der Waals surface area contributed by atoms with E-state index in [1.54, 1.807) is 0 Å². The van der Waals surface area contributed by atoms with Gasteiger partial charge in [0.05, 0.1) is 24.2 Å². The number of aryl methyl sites for hydroxylation is 1. The highest BCUT2D eigenvalue weighted by molar-refractivity contribution is 5.45. The van der Waals surface area contributed by atoms with E-state index in [2.05, 4.69) is 15.4 Å². The molecule has 0 aliphatic heterocycles. The summed E-state index contributed by atoms with van der Waals surface area (Å²) in [5.41, 5.74) is 3.84. The van der Waals surface area contributed by atoms with Crippen molar-refractivity contribution >= 4 is 5.69 Å². The number of anilines is 1. The molecule has 2 aromatic rings.